The molecule has 0 N–H and O–H groups in total. The number of esters is 1. The zero-order valence-electron chi connectivity index (χ0n) is 14.0. The van der Waals surface area contributed by atoms with Gasteiger partial charge in [-0.2, -0.15) is 0 Å². The van der Waals surface area contributed by atoms with E-state index >= 15 is 0 Å². The van der Waals surface area contributed by atoms with E-state index in [0.717, 1.165) is 16.9 Å². The van der Waals surface area contributed by atoms with Crippen LogP contribution in [0, 0.1) is 0 Å². The maximum atomic E-state index is 12.1. The molecule has 0 bridgehead atoms. The Bertz CT molecular complexity index is 828. The molecular formula is C19H18N2O4. The second-order valence-electron chi connectivity index (χ2n) is 5.47. The van der Waals surface area contributed by atoms with E-state index in [-0.39, 0.29) is 18.3 Å². The molecule has 1 aromatic heterocycles. The number of carbonyl (C=O) groups excluding carboxylic acids is 1. The van der Waals surface area contributed by atoms with Crippen LogP contribution < -0.4 is 4.74 Å². The second-order valence-corrected chi connectivity index (χ2v) is 5.47. The molecule has 0 saturated heterocycles. The van der Waals surface area contributed by atoms with Crippen molar-refractivity contribution in [2.75, 3.05) is 7.11 Å². The highest BCUT2D eigenvalue weighted by molar-refractivity contribution is 5.72. The lowest BCUT2D eigenvalue weighted by Gasteiger charge is -2.09. The summed E-state index contributed by atoms with van der Waals surface area (Å²) in [6, 6.07) is 16.7. The van der Waals surface area contributed by atoms with Gasteiger partial charge in [-0.25, -0.2) is 0 Å². The van der Waals surface area contributed by atoms with Gasteiger partial charge in [0.1, 0.15) is 5.75 Å². The van der Waals surface area contributed by atoms with Crippen LogP contribution in [0.2, 0.25) is 0 Å². The predicted octanol–water partition coefficient (Wildman–Crippen LogP) is 3.59. The molecule has 0 radical (unpaired) electrons. The highest BCUT2D eigenvalue weighted by atomic mass is 16.6. The van der Waals surface area contributed by atoms with Crippen molar-refractivity contribution in [1.82, 2.24) is 10.2 Å². The van der Waals surface area contributed by atoms with Crippen LogP contribution in [0.4, 0.5) is 0 Å². The molecule has 6 nitrogen and oxygen atoms in total. The lowest BCUT2D eigenvalue weighted by atomic mass is 10.1. The maximum absolute atomic E-state index is 12.1. The Kier molecular flexibility index (Phi) is 5.09. The third-order valence-electron chi connectivity index (χ3n) is 3.62. The molecule has 3 aromatic rings. The molecule has 1 heterocycles. The van der Waals surface area contributed by atoms with Gasteiger partial charge in [0.2, 0.25) is 5.89 Å². The van der Waals surface area contributed by atoms with E-state index in [4.69, 9.17) is 13.9 Å². The van der Waals surface area contributed by atoms with Crippen molar-refractivity contribution in [3.05, 3.63) is 66.1 Å². The van der Waals surface area contributed by atoms with E-state index in [0.29, 0.717) is 5.89 Å². The van der Waals surface area contributed by atoms with E-state index in [2.05, 4.69) is 10.2 Å². The summed E-state index contributed by atoms with van der Waals surface area (Å²) < 4.78 is 16.1. The molecule has 0 saturated carbocycles. The molecular weight excluding hydrogens is 320 g/mol. The van der Waals surface area contributed by atoms with Gasteiger partial charge in [0, 0.05) is 5.56 Å². The van der Waals surface area contributed by atoms with Crippen molar-refractivity contribution < 1.29 is 18.7 Å². The number of methoxy groups -OCH3 is 1. The quantitative estimate of drug-likeness (QED) is 0.639. The number of hydrogen-bond acceptors (Lipinski definition) is 6. The summed E-state index contributed by atoms with van der Waals surface area (Å²) in [6.07, 6.45) is -0.454. The zero-order chi connectivity index (χ0) is 17.6. The molecule has 0 amide bonds. The molecule has 1 atom stereocenters. The van der Waals surface area contributed by atoms with E-state index in [1.807, 2.05) is 42.5 Å². The van der Waals surface area contributed by atoms with E-state index in [9.17, 15) is 4.79 Å². The molecule has 2 aromatic carbocycles. The standard InChI is InChI=1S/C19H18N2O4/c1-13(18-20-21-19(25-18)15-6-4-3-5-7-15)24-17(22)12-14-8-10-16(23-2)11-9-14/h3-11,13H,12H2,1-2H3/t13-/m0/s1. The van der Waals surface area contributed by atoms with Gasteiger partial charge in [0.25, 0.3) is 5.89 Å². The summed E-state index contributed by atoms with van der Waals surface area (Å²) in [5.41, 5.74) is 1.66. The van der Waals surface area contributed by atoms with Crippen LogP contribution in [0.25, 0.3) is 11.5 Å². The van der Waals surface area contributed by atoms with E-state index in [1.54, 1.807) is 26.2 Å². The van der Waals surface area contributed by atoms with Gasteiger partial charge in [-0.05, 0) is 36.8 Å². The van der Waals surface area contributed by atoms with E-state index < -0.39 is 6.10 Å². The number of ether oxygens (including phenoxy) is 2. The number of hydrogen-bond donors (Lipinski definition) is 0. The topological polar surface area (TPSA) is 74.5 Å². The lowest BCUT2D eigenvalue weighted by molar-refractivity contribution is -0.148. The minimum Gasteiger partial charge on any atom is -0.497 e. The van der Waals surface area contributed by atoms with Crippen molar-refractivity contribution in [2.45, 2.75) is 19.4 Å². The summed E-state index contributed by atoms with van der Waals surface area (Å²) in [5, 5.41) is 7.96. The predicted molar refractivity (Wildman–Crippen MR) is 90.9 cm³/mol. The first kappa shape index (κ1) is 16.7. The summed E-state index contributed by atoms with van der Waals surface area (Å²) in [7, 11) is 1.60. The van der Waals surface area contributed by atoms with Crippen LogP contribution in [0.5, 0.6) is 5.75 Å². The van der Waals surface area contributed by atoms with Gasteiger partial charge in [-0.3, -0.25) is 4.79 Å². The molecule has 0 unspecified atom stereocenters. The van der Waals surface area contributed by atoms with Crippen LogP contribution in [0.1, 0.15) is 24.5 Å². The largest absolute Gasteiger partial charge is 0.497 e. The average molecular weight is 338 g/mol. The van der Waals surface area contributed by atoms with Crippen molar-refractivity contribution >= 4 is 5.97 Å². The fraction of sp³-hybridized carbons (Fsp3) is 0.211. The summed E-state index contributed by atoms with van der Waals surface area (Å²) in [5.74, 6) is 1.04. The Morgan fingerprint density at radius 3 is 2.48 bits per heavy atom. The number of benzene rings is 2. The Labute approximate surface area is 145 Å². The molecule has 0 aliphatic carbocycles. The Morgan fingerprint density at radius 1 is 1.08 bits per heavy atom. The summed E-state index contributed by atoms with van der Waals surface area (Å²) in [6.45, 7) is 1.70. The smallest absolute Gasteiger partial charge is 0.311 e. The SMILES string of the molecule is COc1ccc(CC(=O)O[C@@H](C)c2nnc(-c3ccccc3)o2)cc1. The Morgan fingerprint density at radius 2 is 1.80 bits per heavy atom. The number of aromatic nitrogens is 2. The molecule has 128 valence electrons. The highest BCUT2D eigenvalue weighted by Gasteiger charge is 2.19. The molecule has 0 aliphatic heterocycles. The van der Waals surface area contributed by atoms with Crippen LogP contribution >= 0.6 is 0 Å². The molecule has 0 fully saturated rings. The normalized spacial score (nSPS) is 11.8. The third kappa shape index (κ3) is 4.23. The van der Waals surface area contributed by atoms with Crippen molar-refractivity contribution in [3.8, 4) is 17.2 Å². The fourth-order valence-electron chi connectivity index (χ4n) is 2.30. The number of rotatable bonds is 6. The number of nitrogens with zero attached hydrogens (tertiary/aromatic N) is 2. The second kappa shape index (κ2) is 7.61. The van der Waals surface area contributed by atoms with Gasteiger partial charge in [-0.1, -0.05) is 30.3 Å². The molecule has 25 heavy (non-hydrogen) atoms. The Hall–Kier alpha value is -3.15. The molecule has 0 spiro atoms. The zero-order valence-corrected chi connectivity index (χ0v) is 14.0. The summed E-state index contributed by atoms with van der Waals surface area (Å²) >= 11 is 0. The molecule has 3 rings (SSSR count). The molecule has 0 aliphatic rings. The van der Waals surface area contributed by atoms with Crippen LogP contribution in [0.3, 0.4) is 0 Å². The fourth-order valence-corrected chi connectivity index (χ4v) is 2.30. The van der Waals surface area contributed by atoms with Crippen LogP contribution in [0.15, 0.2) is 59.0 Å². The summed E-state index contributed by atoms with van der Waals surface area (Å²) in [4.78, 5) is 12.1. The Balaban J connectivity index is 1.60. The van der Waals surface area contributed by atoms with Gasteiger partial charge >= 0.3 is 5.97 Å². The van der Waals surface area contributed by atoms with Crippen molar-refractivity contribution in [1.29, 1.82) is 0 Å². The van der Waals surface area contributed by atoms with Crippen molar-refractivity contribution in [2.24, 2.45) is 0 Å². The third-order valence-corrected chi connectivity index (χ3v) is 3.62. The monoisotopic (exact) mass is 338 g/mol. The van der Waals surface area contributed by atoms with Gasteiger partial charge in [0.15, 0.2) is 6.10 Å². The van der Waals surface area contributed by atoms with Crippen molar-refractivity contribution in [3.63, 3.8) is 0 Å². The minimum atomic E-state index is -0.615. The first-order valence-corrected chi connectivity index (χ1v) is 7.87. The first-order valence-electron chi connectivity index (χ1n) is 7.87. The van der Waals surface area contributed by atoms with E-state index in [1.165, 1.54) is 0 Å². The van der Waals surface area contributed by atoms with Gasteiger partial charge in [-0.15, -0.1) is 10.2 Å². The van der Waals surface area contributed by atoms with Crippen LogP contribution in [-0.2, 0) is 16.0 Å². The number of carbonyl (C=O) groups is 1. The van der Waals surface area contributed by atoms with Gasteiger partial charge < -0.3 is 13.9 Å². The minimum absolute atomic E-state index is 0.161. The average Bonchev–Trinajstić information content (AvgIpc) is 3.13. The molecule has 6 heteroatoms. The van der Waals surface area contributed by atoms with Gasteiger partial charge in [0.05, 0.1) is 13.5 Å². The first-order chi connectivity index (χ1) is 12.2. The highest BCUT2D eigenvalue weighted by Crippen LogP contribution is 2.22. The van der Waals surface area contributed by atoms with Crippen LogP contribution in [-0.4, -0.2) is 23.3 Å². The maximum Gasteiger partial charge on any atom is 0.311 e. The lowest BCUT2D eigenvalue weighted by Crippen LogP contribution is -2.11.